The number of alkyl halides is 6. The molecule has 7 heteroatoms. The van der Waals surface area contributed by atoms with Gasteiger partial charge in [-0.15, -0.1) is 0 Å². The van der Waals surface area contributed by atoms with Crippen molar-refractivity contribution in [1.29, 1.82) is 0 Å². The van der Waals surface area contributed by atoms with Crippen LogP contribution in [-0.4, -0.2) is 23.9 Å². The summed E-state index contributed by atoms with van der Waals surface area (Å²) < 4.78 is 76.0. The lowest BCUT2D eigenvalue weighted by Crippen LogP contribution is -2.39. The highest BCUT2D eigenvalue weighted by Gasteiger charge is 2.65. The quantitative estimate of drug-likeness (QED) is 0.510. The standard InChI is InChI=1S/C9H9F6P/c1-16(9(14,15)8(11,12)13)7(10)5-3-2-4-6-7/h2-5H,6H2,1H3. The number of hydrogen-bond acceptors (Lipinski definition) is 0. The maximum atomic E-state index is 13.9. The molecule has 0 saturated heterocycles. The molecule has 16 heavy (non-hydrogen) atoms. The lowest BCUT2D eigenvalue weighted by molar-refractivity contribution is -0.241. The van der Waals surface area contributed by atoms with Crippen LogP contribution in [0.4, 0.5) is 26.3 Å². The molecule has 0 aromatic heterocycles. The number of halogens is 6. The molecule has 0 heterocycles. The molecule has 0 amide bonds. The highest BCUT2D eigenvalue weighted by molar-refractivity contribution is 7.59. The summed E-state index contributed by atoms with van der Waals surface area (Å²) in [4.78, 5) is 0. The molecule has 0 aliphatic heterocycles. The van der Waals surface area contributed by atoms with E-state index in [2.05, 4.69) is 0 Å². The lowest BCUT2D eigenvalue weighted by Gasteiger charge is -2.35. The van der Waals surface area contributed by atoms with E-state index in [4.69, 9.17) is 0 Å². The Labute approximate surface area is 89.8 Å². The van der Waals surface area contributed by atoms with Gasteiger partial charge in [0.25, 0.3) is 0 Å². The van der Waals surface area contributed by atoms with E-state index >= 15 is 0 Å². The summed E-state index contributed by atoms with van der Waals surface area (Å²) in [6.45, 7) is 0.631. The SMILES string of the molecule is CP(C1(F)C=CC=CC1)C(F)(F)C(F)(F)F. The fourth-order valence-electron chi connectivity index (χ4n) is 1.26. The minimum atomic E-state index is -5.71. The van der Waals surface area contributed by atoms with Gasteiger partial charge in [-0.25, -0.2) is 4.39 Å². The first-order chi connectivity index (χ1) is 7.11. The van der Waals surface area contributed by atoms with Crippen LogP contribution in [0.25, 0.3) is 0 Å². The molecule has 1 aliphatic carbocycles. The molecular formula is C9H9F6P. The van der Waals surface area contributed by atoms with E-state index in [1.165, 1.54) is 12.2 Å². The van der Waals surface area contributed by atoms with Gasteiger partial charge in [-0.1, -0.05) is 18.2 Å². The van der Waals surface area contributed by atoms with Crippen LogP contribution in [0, 0.1) is 0 Å². The van der Waals surface area contributed by atoms with Crippen molar-refractivity contribution >= 4 is 7.92 Å². The fraction of sp³-hybridized carbons (Fsp3) is 0.556. The van der Waals surface area contributed by atoms with Gasteiger partial charge in [-0.05, 0) is 12.7 Å². The van der Waals surface area contributed by atoms with Crippen LogP contribution in [0.2, 0.25) is 0 Å². The zero-order valence-corrected chi connectivity index (χ0v) is 9.13. The molecule has 1 aliphatic rings. The van der Waals surface area contributed by atoms with Crippen LogP contribution in [0.15, 0.2) is 24.3 Å². The smallest absolute Gasteiger partial charge is 0.234 e. The van der Waals surface area contributed by atoms with E-state index in [1.807, 2.05) is 0 Å². The van der Waals surface area contributed by atoms with Crippen molar-refractivity contribution in [1.82, 2.24) is 0 Å². The second kappa shape index (κ2) is 4.06. The maximum absolute atomic E-state index is 13.9. The normalized spacial score (nSPS) is 28.2. The Morgan fingerprint density at radius 1 is 1.12 bits per heavy atom. The Morgan fingerprint density at radius 2 is 1.69 bits per heavy atom. The van der Waals surface area contributed by atoms with Crippen LogP contribution in [-0.2, 0) is 0 Å². The summed E-state index contributed by atoms with van der Waals surface area (Å²) in [5, 5.41) is -2.59. The summed E-state index contributed by atoms with van der Waals surface area (Å²) >= 11 is 0. The lowest BCUT2D eigenvalue weighted by atomic mass is 10.1. The predicted octanol–water partition coefficient (Wildman–Crippen LogP) is 4.44. The highest BCUT2D eigenvalue weighted by atomic mass is 31.1. The van der Waals surface area contributed by atoms with Gasteiger partial charge in [0.05, 0.1) is 0 Å². The second-order valence-electron chi connectivity index (χ2n) is 3.41. The molecule has 0 radical (unpaired) electrons. The summed E-state index contributed by atoms with van der Waals surface area (Å²) in [6, 6.07) is 0. The molecule has 92 valence electrons. The van der Waals surface area contributed by atoms with Gasteiger partial charge in [0.1, 0.15) is 0 Å². The molecule has 0 aromatic rings. The van der Waals surface area contributed by atoms with E-state index in [0.29, 0.717) is 6.66 Å². The van der Waals surface area contributed by atoms with Gasteiger partial charge in [-0.2, -0.15) is 22.0 Å². The number of allylic oxidation sites excluding steroid dienone is 4. The van der Waals surface area contributed by atoms with E-state index in [1.54, 1.807) is 0 Å². The summed E-state index contributed by atoms with van der Waals surface area (Å²) in [6.07, 6.45) is -1.58. The van der Waals surface area contributed by atoms with Crippen LogP contribution in [0.1, 0.15) is 6.42 Å². The van der Waals surface area contributed by atoms with Crippen LogP contribution in [0.5, 0.6) is 0 Å². The third-order valence-electron chi connectivity index (χ3n) is 2.32. The summed E-state index contributed by atoms with van der Waals surface area (Å²) in [7, 11) is -3.18. The van der Waals surface area contributed by atoms with Gasteiger partial charge in [-0.3, -0.25) is 0 Å². The monoisotopic (exact) mass is 262 g/mol. The van der Waals surface area contributed by atoms with E-state index in [9.17, 15) is 26.3 Å². The Morgan fingerprint density at radius 3 is 2.06 bits per heavy atom. The van der Waals surface area contributed by atoms with Crippen molar-refractivity contribution in [3.8, 4) is 0 Å². The van der Waals surface area contributed by atoms with Gasteiger partial charge in [0.2, 0.25) is 0 Å². The fourth-order valence-corrected chi connectivity index (χ4v) is 2.79. The average molecular weight is 262 g/mol. The minimum Gasteiger partial charge on any atom is -0.234 e. The Balaban J connectivity index is 2.97. The molecule has 0 fully saturated rings. The molecule has 0 bridgehead atoms. The Hall–Kier alpha value is -0.510. The van der Waals surface area contributed by atoms with Crippen molar-refractivity contribution < 1.29 is 26.3 Å². The van der Waals surface area contributed by atoms with Crippen LogP contribution < -0.4 is 0 Å². The molecule has 0 aromatic carbocycles. The van der Waals surface area contributed by atoms with Gasteiger partial charge in [0, 0.05) is 14.3 Å². The van der Waals surface area contributed by atoms with Gasteiger partial charge in [0.15, 0.2) is 5.41 Å². The zero-order chi connectivity index (χ0) is 12.6. The summed E-state index contributed by atoms with van der Waals surface area (Å²) in [5.74, 6) is 0. The number of rotatable bonds is 2. The minimum absolute atomic E-state index is 0.447. The molecule has 1 rings (SSSR count). The van der Waals surface area contributed by atoms with Crippen molar-refractivity contribution in [2.45, 2.75) is 23.7 Å². The van der Waals surface area contributed by atoms with Crippen molar-refractivity contribution in [2.24, 2.45) is 0 Å². The van der Waals surface area contributed by atoms with Crippen molar-refractivity contribution in [3.63, 3.8) is 0 Å². The van der Waals surface area contributed by atoms with E-state index in [0.717, 1.165) is 12.2 Å². The van der Waals surface area contributed by atoms with Gasteiger partial charge < -0.3 is 0 Å². The molecular weight excluding hydrogens is 253 g/mol. The van der Waals surface area contributed by atoms with Crippen molar-refractivity contribution in [3.05, 3.63) is 24.3 Å². The summed E-state index contributed by atoms with van der Waals surface area (Å²) in [5.41, 5.74) is -4.98. The molecule has 2 unspecified atom stereocenters. The van der Waals surface area contributed by atoms with E-state index in [-0.39, 0.29) is 0 Å². The Kier molecular flexibility index (Phi) is 3.44. The van der Waals surface area contributed by atoms with Crippen molar-refractivity contribution in [2.75, 3.05) is 6.66 Å². The van der Waals surface area contributed by atoms with E-state index < -0.39 is 31.6 Å². The zero-order valence-electron chi connectivity index (χ0n) is 8.23. The topological polar surface area (TPSA) is 0 Å². The first-order valence-electron chi connectivity index (χ1n) is 4.33. The molecule has 0 N–H and O–H groups in total. The highest BCUT2D eigenvalue weighted by Crippen LogP contribution is 2.66. The molecule has 0 spiro atoms. The average Bonchev–Trinajstić information content (AvgIpc) is 2.16. The van der Waals surface area contributed by atoms with Gasteiger partial charge >= 0.3 is 11.8 Å². The number of hydrogen-bond donors (Lipinski definition) is 0. The largest absolute Gasteiger partial charge is 0.457 e. The first kappa shape index (κ1) is 13.6. The second-order valence-corrected chi connectivity index (χ2v) is 5.83. The third kappa shape index (κ3) is 2.26. The van der Waals surface area contributed by atoms with Crippen LogP contribution in [0.3, 0.4) is 0 Å². The third-order valence-corrected chi connectivity index (χ3v) is 4.87. The predicted molar refractivity (Wildman–Crippen MR) is 50.6 cm³/mol. The molecule has 0 nitrogen and oxygen atoms in total. The maximum Gasteiger partial charge on any atom is 0.457 e. The van der Waals surface area contributed by atoms with Crippen LogP contribution >= 0.6 is 7.92 Å². The Bertz CT molecular complexity index is 318. The molecule has 0 saturated carbocycles. The molecule has 2 atom stereocenters. The first-order valence-corrected chi connectivity index (χ1v) is 6.12.